The molecule has 1 fully saturated rings. The monoisotopic (exact) mass is 398 g/mol. The molecule has 0 aliphatic carbocycles. The molecular formula is C26H30N4. The summed E-state index contributed by atoms with van der Waals surface area (Å²) in [7, 11) is 2.03. The van der Waals surface area contributed by atoms with E-state index in [0.717, 1.165) is 18.6 Å². The minimum absolute atomic E-state index is 0.671. The van der Waals surface area contributed by atoms with Gasteiger partial charge < -0.3 is 15.2 Å². The number of likely N-dealkylation sites (tertiary alicyclic amines) is 1. The van der Waals surface area contributed by atoms with E-state index >= 15 is 0 Å². The Labute approximate surface area is 178 Å². The number of hydrogen-bond acceptors (Lipinski definition) is 3. The first-order chi connectivity index (χ1) is 14.7. The Morgan fingerprint density at radius 1 is 1.10 bits per heavy atom. The SMILES string of the molecule is CNCCN1CCC(c2ccc3[nH]c(-c4ccc5ncccc5c4)c(C)c3c2)CC1. The van der Waals surface area contributed by atoms with Crippen LogP contribution >= 0.6 is 0 Å². The summed E-state index contributed by atoms with van der Waals surface area (Å²) >= 11 is 0. The number of aromatic amines is 1. The molecule has 5 rings (SSSR count). The van der Waals surface area contributed by atoms with E-state index in [0.29, 0.717) is 5.92 Å². The van der Waals surface area contributed by atoms with Gasteiger partial charge in [-0.25, -0.2) is 0 Å². The van der Waals surface area contributed by atoms with E-state index in [2.05, 4.69) is 69.6 Å². The van der Waals surface area contributed by atoms with Crippen molar-refractivity contribution in [1.29, 1.82) is 0 Å². The van der Waals surface area contributed by atoms with Crippen LogP contribution in [-0.4, -0.2) is 48.1 Å². The van der Waals surface area contributed by atoms with Crippen LogP contribution in [0.15, 0.2) is 54.7 Å². The zero-order chi connectivity index (χ0) is 20.5. The van der Waals surface area contributed by atoms with Crippen molar-refractivity contribution in [3.63, 3.8) is 0 Å². The van der Waals surface area contributed by atoms with Gasteiger partial charge in [0.05, 0.1) is 5.52 Å². The molecule has 1 saturated heterocycles. The number of likely N-dealkylation sites (N-methyl/N-ethyl adjacent to an activating group) is 1. The first kappa shape index (κ1) is 19.3. The molecule has 154 valence electrons. The Hall–Kier alpha value is -2.69. The third kappa shape index (κ3) is 3.62. The van der Waals surface area contributed by atoms with E-state index in [1.165, 1.54) is 64.6 Å². The van der Waals surface area contributed by atoms with Gasteiger partial charge in [-0.2, -0.15) is 0 Å². The number of aryl methyl sites for hydroxylation is 1. The Morgan fingerprint density at radius 2 is 1.97 bits per heavy atom. The highest BCUT2D eigenvalue weighted by atomic mass is 15.1. The van der Waals surface area contributed by atoms with Gasteiger partial charge in [-0.05, 0) is 92.8 Å². The van der Waals surface area contributed by atoms with Gasteiger partial charge in [-0.15, -0.1) is 0 Å². The maximum atomic E-state index is 4.45. The highest BCUT2D eigenvalue weighted by Gasteiger charge is 2.21. The zero-order valence-electron chi connectivity index (χ0n) is 17.9. The van der Waals surface area contributed by atoms with E-state index in [9.17, 15) is 0 Å². The Morgan fingerprint density at radius 3 is 2.80 bits per heavy atom. The van der Waals surface area contributed by atoms with E-state index in [-0.39, 0.29) is 0 Å². The summed E-state index contributed by atoms with van der Waals surface area (Å²) in [5.41, 5.74) is 7.54. The molecule has 0 spiro atoms. The van der Waals surface area contributed by atoms with E-state index < -0.39 is 0 Å². The van der Waals surface area contributed by atoms with Gasteiger partial charge in [-0.3, -0.25) is 4.98 Å². The molecule has 1 aliphatic rings. The van der Waals surface area contributed by atoms with E-state index in [1.54, 1.807) is 0 Å². The van der Waals surface area contributed by atoms with Crippen LogP contribution in [0.4, 0.5) is 0 Å². The number of nitrogens with zero attached hydrogens (tertiary/aromatic N) is 2. The fourth-order valence-corrected chi connectivity index (χ4v) is 4.88. The molecular weight excluding hydrogens is 368 g/mol. The van der Waals surface area contributed by atoms with Gasteiger partial charge in [0.25, 0.3) is 0 Å². The number of piperidine rings is 1. The number of pyridine rings is 1. The summed E-state index contributed by atoms with van der Waals surface area (Å²) in [6, 6.07) is 17.7. The smallest absolute Gasteiger partial charge is 0.0702 e. The minimum atomic E-state index is 0.671. The molecule has 0 unspecified atom stereocenters. The Kier molecular flexibility index (Phi) is 5.28. The van der Waals surface area contributed by atoms with Gasteiger partial charge >= 0.3 is 0 Å². The van der Waals surface area contributed by atoms with Crippen molar-refractivity contribution in [3.05, 3.63) is 65.9 Å². The number of fused-ring (bicyclic) bond motifs is 2. The predicted molar refractivity (Wildman–Crippen MR) is 126 cm³/mol. The highest BCUT2D eigenvalue weighted by molar-refractivity contribution is 5.93. The quantitative estimate of drug-likeness (QED) is 0.492. The second kappa shape index (κ2) is 8.21. The zero-order valence-corrected chi connectivity index (χ0v) is 17.9. The van der Waals surface area contributed by atoms with Crippen LogP contribution in [0, 0.1) is 6.92 Å². The van der Waals surface area contributed by atoms with Crippen molar-refractivity contribution < 1.29 is 0 Å². The number of H-pyrrole nitrogens is 1. The minimum Gasteiger partial charge on any atom is -0.354 e. The van der Waals surface area contributed by atoms with Gasteiger partial charge in [0.15, 0.2) is 0 Å². The van der Waals surface area contributed by atoms with Crippen molar-refractivity contribution in [1.82, 2.24) is 20.2 Å². The molecule has 2 N–H and O–H groups in total. The second-order valence-electron chi connectivity index (χ2n) is 8.56. The topological polar surface area (TPSA) is 44.0 Å². The third-order valence-electron chi connectivity index (χ3n) is 6.71. The van der Waals surface area contributed by atoms with Crippen LogP contribution < -0.4 is 5.32 Å². The average molecular weight is 399 g/mol. The Bertz CT molecular complexity index is 1170. The second-order valence-corrected chi connectivity index (χ2v) is 8.56. The van der Waals surface area contributed by atoms with Crippen molar-refractivity contribution in [2.45, 2.75) is 25.7 Å². The van der Waals surface area contributed by atoms with Crippen LogP contribution in [0.2, 0.25) is 0 Å². The summed E-state index contributed by atoms with van der Waals surface area (Å²) in [4.78, 5) is 10.7. The third-order valence-corrected chi connectivity index (χ3v) is 6.71. The lowest BCUT2D eigenvalue weighted by Crippen LogP contribution is -2.37. The van der Waals surface area contributed by atoms with Crippen LogP contribution in [-0.2, 0) is 0 Å². The molecule has 0 bridgehead atoms. The maximum Gasteiger partial charge on any atom is 0.0702 e. The van der Waals surface area contributed by atoms with Crippen molar-refractivity contribution in [2.24, 2.45) is 0 Å². The number of hydrogen-bond donors (Lipinski definition) is 2. The molecule has 0 atom stereocenters. The fourth-order valence-electron chi connectivity index (χ4n) is 4.88. The largest absolute Gasteiger partial charge is 0.354 e. The van der Waals surface area contributed by atoms with Crippen LogP contribution in [0.25, 0.3) is 33.1 Å². The molecule has 2 aromatic carbocycles. The summed E-state index contributed by atoms with van der Waals surface area (Å²) in [5, 5.41) is 5.79. The van der Waals surface area contributed by atoms with Crippen LogP contribution in [0.3, 0.4) is 0 Å². The molecule has 0 amide bonds. The lowest BCUT2D eigenvalue weighted by molar-refractivity contribution is 0.214. The number of aromatic nitrogens is 2. The van der Waals surface area contributed by atoms with Gasteiger partial charge in [0.2, 0.25) is 0 Å². The number of benzene rings is 2. The maximum absolute atomic E-state index is 4.45. The summed E-state index contributed by atoms with van der Waals surface area (Å²) < 4.78 is 0. The van der Waals surface area contributed by atoms with Crippen molar-refractivity contribution in [2.75, 3.05) is 33.2 Å². The van der Waals surface area contributed by atoms with E-state index in [1.807, 2.05) is 19.3 Å². The molecule has 0 radical (unpaired) electrons. The fraction of sp³-hybridized carbons (Fsp3) is 0.346. The standard InChI is InChI=1S/C26H30N4/c1-18-23-17-20(19-9-13-30(14-10-19)15-12-27-2)5-8-25(23)29-26(18)22-6-7-24-21(16-22)4-3-11-28-24/h3-8,11,16-17,19,27,29H,9-10,12-15H2,1-2H3. The number of rotatable bonds is 5. The summed E-state index contributed by atoms with van der Waals surface area (Å²) in [6.45, 7) is 6.88. The molecule has 30 heavy (non-hydrogen) atoms. The molecule has 4 nitrogen and oxygen atoms in total. The average Bonchev–Trinajstić information content (AvgIpc) is 3.13. The molecule has 4 aromatic rings. The van der Waals surface area contributed by atoms with Crippen LogP contribution in [0.1, 0.15) is 29.9 Å². The molecule has 1 aliphatic heterocycles. The summed E-state index contributed by atoms with van der Waals surface area (Å²) in [5.74, 6) is 0.671. The molecule has 0 saturated carbocycles. The predicted octanol–water partition coefficient (Wildman–Crippen LogP) is 5.09. The lowest BCUT2D eigenvalue weighted by atomic mass is 9.88. The molecule has 2 aromatic heterocycles. The Balaban J connectivity index is 1.42. The van der Waals surface area contributed by atoms with Gasteiger partial charge in [0, 0.05) is 41.3 Å². The molecule has 4 heteroatoms. The number of nitrogens with one attached hydrogen (secondary N) is 2. The van der Waals surface area contributed by atoms with Gasteiger partial charge in [-0.1, -0.05) is 18.2 Å². The van der Waals surface area contributed by atoms with Crippen molar-refractivity contribution in [3.8, 4) is 11.3 Å². The summed E-state index contributed by atoms with van der Waals surface area (Å²) in [6.07, 6.45) is 4.36. The first-order valence-corrected chi connectivity index (χ1v) is 11.1. The van der Waals surface area contributed by atoms with Crippen molar-refractivity contribution >= 4 is 21.8 Å². The molecule has 3 heterocycles. The normalized spacial score (nSPS) is 15.9. The van der Waals surface area contributed by atoms with Crippen LogP contribution in [0.5, 0.6) is 0 Å². The highest BCUT2D eigenvalue weighted by Crippen LogP contribution is 2.35. The van der Waals surface area contributed by atoms with E-state index in [4.69, 9.17) is 0 Å². The van der Waals surface area contributed by atoms with Gasteiger partial charge in [0.1, 0.15) is 0 Å². The lowest BCUT2D eigenvalue weighted by Gasteiger charge is -2.32. The first-order valence-electron chi connectivity index (χ1n) is 11.1.